The van der Waals surface area contributed by atoms with Crippen molar-refractivity contribution in [3.63, 3.8) is 0 Å². The summed E-state index contributed by atoms with van der Waals surface area (Å²) in [6.07, 6.45) is 0. The Bertz CT molecular complexity index is 1100. The average molecular weight is 426 g/mol. The molecule has 1 heterocycles. The number of hydrogen-bond acceptors (Lipinski definition) is 5. The second-order valence-electron chi connectivity index (χ2n) is 5.44. The first-order valence-electron chi connectivity index (χ1n) is 7.58. The summed E-state index contributed by atoms with van der Waals surface area (Å²) < 4.78 is 40.3. The number of carbonyl (C=O) groups excluding carboxylic acids is 1. The summed E-state index contributed by atoms with van der Waals surface area (Å²) in [5.41, 5.74) is 0.669. The summed E-state index contributed by atoms with van der Waals surface area (Å²) in [5, 5.41) is 2.53. The third-order valence-corrected chi connectivity index (χ3v) is 6.30. The van der Waals surface area contributed by atoms with Crippen molar-refractivity contribution in [3.05, 3.63) is 69.9 Å². The van der Waals surface area contributed by atoms with Crippen LogP contribution in [0.2, 0.25) is 5.02 Å². The molecule has 0 spiro atoms. The van der Waals surface area contributed by atoms with Crippen molar-refractivity contribution in [2.24, 2.45) is 0 Å². The number of halogens is 2. The fourth-order valence-corrected chi connectivity index (χ4v) is 4.48. The lowest BCUT2D eigenvalue weighted by Gasteiger charge is -2.05. The summed E-state index contributed by atoms with van der Waals surface area (Å²) in [5.74, 6) is -1.10. The molecule has 0 unspecified atom stereocenters. The minimum absolute atomic E-state index is 0.0682. The van der Waals surface area contributed by atoms with E-state index in [1.807, 2.05) is 0 Å². The molecule has 0 fully saturated rings. The minimum Gasteiger partial charge on any atom is -0.321 e. The molecule has 3 rings (SSSR count). The van der Waals surface area contributed by atoms with Crippen LogP contribution >= 0.6 is 22.9 Å². The van der Waals surface area contributed by atoms with Crippen molar-refractivity contribution in [1.82, 2.24) is 4.98 Å². The van der Waals surface area contributed by atoms with Gasteiger partial charge in [0.2, 0.25) is 0 Å². The molecular formula is C17H13ClFN3O3S2. The fourth-order valence-electron chi connectivity index (χ4n) is 2.19. The van der Waals surface area contributed by atoms with Crippen LogP contribution in [0.4, 0.5) is 15.2 Å². The highest BCUT2D eigenvalue weighted by atomic mass is 35.5. The average Bonchev–Trinajstić information content (AvgIpc) is 2.98. The van der Waals surface area contributed by atoms with Crippen molar-refractivity contribution in [1.29, 1.82) is 0 Å². The first-order valence-corrected chi connectivity index (χ1v) is 10.3. The van der Waals surface area contributed by atoms with E-state index in [1.165, 1.54) is 24.3 Å². The monoisotopic (exact) mass is 425 g/mol. The summed E-state index contributed by atoms with van der Waals surface area (Å²) in [6, 6.07) is 11.6. The number of thiazole rings is 1. The van der Waals surface area contributed by atoms with E-state index in [9.17, 15) is 17.6 Å². The van der Waals surface area contributed by atoms with Crippen molar-refractivity contribution in [2.75, 3.05) is 10.0 Å². The first kappa shape index (κ1) is 19.3. The Labute approximate surface area is 164 Å². The number of anilines is 2. The highest BCUT2D eigenvalue weighted by molar-refractivity contribution is 7.93. The highest BCUT2D eigenvalue weighted by Gasteiger charge is 2.20. The first-order chi connectivity index (χ1) is 12.8. The van der Waals surface area contributed by atoms with Gasteiger partial charge < -0.3 is 5.32 Å². The van der Waals surface area contributed by atoms with E-state index in [0.717, 1.165) is 17.4 Å². The highest BCUT2D eigenvalue weighted by Crippen LogP contribution is 2.27. The number of nitrogens with zero attached hydrogens (tertiary/aromatic N) is 1. The van der Waals surface area contributed by atoms with E-state index in [0.29, 0.717) is 11.4 Å². The lowest BCUT2D eigenvalue weighted by molar-refractivity contribution is 0.103. The van der Waals surface area contributed by atoms with Crippen LogP contribution < -0.4 is 10.0 Å². The molecular weight excluding hydrogens is 413 g/mol. The van der Waals surface area contributed by atoms with Crippen LogP contribution in [-0.4, -0.2) is 19.3 Å². The third kappa shape index (κ3) is 4.44. The van der Waals surface area contributed by atoms with E-state index in [1.54, 1.807) is 25.1 Å². The number of benzene rings is 2. The molecule has 0 aliphatic carbocycles. The Morgan fingerprint density at radius 1 is 1.19 bits per heavy atom. The summed E-state index contributed by atoms with van der Waals surface area (Å²) >= 11 is 6.59. The molecule has 0 saturated carbocycles. The normalized spacial score (nSPS) is 11.2. The Hall–Kier alpha value is -2.49. The maximum absolute atomic E-state index is 13.2. The van der Waals surface area contributed by atoms with Gasteiger partial charge in [-0.1, -0.05) is 41.1 Å². The number of nitrogens with one attached hydrogen (secondary N) is 2. The molecule has 1 amide bonds. The van der Waals surface area contributed by atoms with Crippen LogP contribution in [0.3, 0.4) is 0 Å². The standard InChI is InChI=1S/C17H13ClFN3O3S2/c1-10-15(16(23)21-11-7-8-14(19)13(18)9-11)26-17(20-10)22-27(24,25)12-5-3-2-4-6-12/h2-9H,1H3,(H,20,22)(H,21,23). The third-order valence-electron chi connectivity index (χ3n) is 3.46. The largest absolute Gasteiger partial charge is 0.321 e. The van der Waals surface area contributed by atoms with Crippen LogP contribution in [0.25, 0.3) is 0 Å². The molecule has 1 aromatic heterocycles. The van der Waals surface area contributed by atoms with Gasteiger partial charge in [-0.25, -0.2) is 17.8 Å². The van der Waals surface area contributed by atoms with Crippen molar-refractivity contribution in [2.45, 2.75) is 11.8 Å². The van der Waals surface area contributed by atoms with Crippen LogP contribution in [0, 0.1) is 12.7 Å². The molecule has 6 nitrogen and oxygen atoms in total. The Morgan fingerprint density at radius 2 is 1.89 bits per heavy atom. The Balaban J connectivity index is 1.79. The molecule has 0 atom stereocenters. The molecule has 3 aromatic rings. The van der Waals surface area contributed by atoms with Crippen molar-refractivity contribution in [3.8, 4) is 0 Å². The number of hydrogen-bond donors (Lipinski definition) is 2. The molecule has 0 saturated heterocycles. The van der Waals surface area contributed by atoms with E-state index in [4.69, 9.17) is 11.6 Å². The SMILES string of the molecule is Cc1nc(NS(=O)(=O)c2ccccc2)sc1C(=O)Nc1ccc(F)c(Cl)c1. The summed E-state index contributed by atoms with van der Waals surface area (Å²) in [7, 11) is -3.80. The molecule has 10 heteroatoms. The van der Waals surface area contributed by atoms with Gasteiger partial charge in [0, 0.05) is 5.69 Å². The van der Waals surface area contributed by atoms with Gasteiger partial charge in [0.15, 0.2) is 5.13 Å². The predicted molar refractivity (Wildman–Crippen MR) is 103 cm³/mol. The zero-order valence-electron chi connectivity index (χ0n) is 13.9. The van der Waals surface area contributed by atoms with Gasteiger partial charge in [-0.2, -0.15) is 0 Å². The lowest BCUT2D eigenvalue weighted by Crippen LogP contribution is -2.12. The molecule has 140 valence electrons. The molecule has 0 radical (unpaired) electrons. The van der Waals surface area contributed by atoms with Crippen LogP contribution in [-0.2, 0) is 10.0 Å². The molecule has 0 aliphatic heterocycles. The zero-order valence-corrected chi connectivity index (χ0v) is 16.3. The molecule has 0 aliphatic rings. The number of carbonyl (C=O) groups is 1. The van der Waals surface area contributed by atoms with Gasteiger partial charge in [0.25, 0.3) is 15.9 Å². The maximum Gasteiger partial charge on any atom is 0.267 e. The summed E-state index contributed by atoms with van der Waals surface area (Å²) in [4.78, 5) is 16.8. The minimum atomic E-state index is -3.80. The number of sulfonamides is 1. The van der Waals surface area contributed by atoms with Crippen molar-refractivity contribution < 1.29 is 17.6 Å². The van der Waals surface area contributed by atoms with Gasteiger partial charge in [0.1, 0.15) is 10.7 Å². The smallest absolute Gasteiger partial charge is 0.267 e. The van der Waals surface area contributed by atoms with Gasteiger partial charge in [-0.05, 0) is 37.3 Å². The topological polar surface area (TPSA) is 88.2 Å². The van der Waals surface area contributed by atoms with Gasteiger partial charge >= 0.3 is 0 Å². The number of aryl methyl sites for hydroxylation is 1. The van der Waals surface area contributed by atoms with Crippen LogP contribution in [0.5, 0.6) is 0 Å². The van der Waals surface area contributed by atoms with Crippen LogP contribution in [0.15, 0.2) is 53.4 Å². The summed E-state index contributed by atoms with van der Waals surface area (Å²) in [6.45, 7) is 1.59. The fraction of sp³-hybridized carbons (Fsp3) is 0.0588. The van der Waals surface area contributed by atoms with E-state index in [-0.39, 0.29) is 19.9 Å². The number of aromatic nitrogens is 1. The predicted octanol–water partition coefficient (Wildman–Crippen LogP) is 4.30. The quantitative estimate of drug-likeness (QED) is 0.638. The second kappa shape index (κ2) is 7.63. The van der Waals surface area contributed by atoms with E-state index < -0.39 is 21.7 Å². The molecule has 27 heavy (non-hydrogen) atoms. The van der Waals surface area contributed by atoms with Gasteiger partial charge in [0.05, 0.1) is 15.6 Å². The van der Waals surface area contributed by atoms with Crippen LogP contribution in [0.1, 0.15) is 15.4 Å². The second-order valence-corrected chi connectivity index (χ2v) is 8.52. The van der Waals surface area contributed by atoms with E-state index >= 15 is 0 Å². The molecule has 2 aromatic carbocycles. The number of amides is 1. The molecule has 2 N–H and O–H groups in total. The van der Waals surface area contributed by atoms with Gasteiger partial charge in [-0.15, -0.1) is 0 Å². The number of rotatable bonds is 5. The Kier molecular flexibility index (Phi) is 5.45. The molecule has 0 bridgehead atoms. The Morgan fingerprint density at radius 3 is 2.56 bits per heavy atom. The van der Waals surface area contributed by atoms with E-state index in [2.05, 4.69) is 15.0 Å². The van der Waals surface area contributed by atoms with Crippen molar-refractivity contribution >= 4 is 49.7 Å². The van der Waals surface area contributed by atoms with Gasteiger partial charge in [-0.3, -0.25) is 9.52 Å². The lowest BCUT2D eigenvalue weighted by atomic mass is 10.3. The zero-order chi connectivity index (χ0) is 19.6. The maximum atomic E-state index is 13.2.